The minimum atomic E-state index is -0.455. The van der Waals surface area contributed by atoms with E-state index in [-0.39, 0.29) is 18.9 Å². The molecular formula is C19H26N4O4. The number of nitrogens with zero attached hydrogens (tertiary/aromatic N) is 2. The predicted octanol–water partition coefficient (Wildman–Crippen LogP) is 1.59. The number of para-hydroxylation sites is 2. The molecule has 0 radical (unpaired) electrons. The second-order valence-corrected chi connectivity index (χ2v) is 6.04. The van der Waals surface area contributed by atoms with Crippen LogP contribution < -0.4 is 20.3 Å². The molecule has 0 atom stereocenters. The van der Waals surface area contributed by atoms with Crippen LogP contribution in [0.3, 0.4) is 0 Å². The van der Waals surface area contributed by atoms with E-state index in [0.717, 1.165) is 17.0 Å². The van der Waals surface area contributed by atoms with E-state index in [2.05, 4.69) is 16.0 Å². The molecule has 146 valence electrons. The first kappa shape index (κ1) is 20.3. The van der Waals surface area contributed by atoms with Crippen molar-refractivity contribution >= 4 is 11.8 Å². The van der Waals surface area contributed by atoms with Crippen LogP contribution in [-0.4, -0.2) is 34.8 Å². The van der Waals surface area contributed by atoms with Crippen LogP contribution in [0.5, 0.6) is 11.5 Å². The number of hydrazine groups is 1. The van der Waals surface area contributed by atoms with Gasteiger partial charge in [0, 0.05) is 19.2 Å². The summed E-state index contributed by atoms with van der Waals surface area (Å²) in [6, 6.07) is 7.10. The molecule has 8 heteroatoms. The summed E-state index contributed by atoms with van der Waals surface area (Å²) in [4.78, 5) is 23.8. The van der Waals surface area contributed by atoms with E-state index in [1.165, 1.54) is 0 Å². The highest BCUT2D eigenvalue weighted by Gasteiger charge is 2.12. The van der Waals surface area contributed by atoms with Crippen molar-refractivity contribution in [2.45, 2.75) is 33.6 Å². The number of aryl methyl sites for hydroxylation is 2. The number of carbonyl (C=O) groups excluding carboxylic acids is 2. The molecule has 1 heterocycles. The van der Waals surface area contributed by atoms with Crippen LogP contribution in [-0.2, 0) is 23.1 Å². The smallest absolute Gasteiger partial charge is 0.276 e. The zero-order chi connectivity index (χ0) is 19.8. The molecule has 8 nitrogen and oxygen atoms in total. The Hall–Kier alpha value is -3.03. The molecule has 2 amide bonds. The molecule has 2 rings (SSSR count). The molecule has 0 unspecified atom stereocenters. The first-order valence-corrected chi connectivity index (χ1v) is 8.83. The van der Waals surface area contributed by atoms with Gasteiger partial charge in [0.2, 0.25) is 5.91 Å². The highest BCUT2D eigenvalue weighted by Crippen LogP contribution is 2.26. The highest BCUT2D eigenvalue weighted by molar-refractivity contribution is 5.82. The average molecular weight is 374 g/mol. The second kappa shape index (κ2) is 9.61. The predicted molar refractivity (Wildman–Crippen MR) is 100 cm³/mol. The fraction of sp³-hybridized carbons (Fsp3) is 0.421. The number of hydrogen-bond donors (Lipinski definition) is 2. The lowest BCUT2D eigenvalue weighted by Crippen LogP contribution is -2.43. The van der Waals surface area contributed by atoms with Gasteiger partial charge in [0.15, 0.2) is 18.1 Å². The number of nitrogens with one attached hydrogen (secondary N) is 2. The number of carbonyl (C=O) groups is 2. The van der Waals surface area contributed by atoms with Crippen LogP contribution in [0.2, 0.25) is 0 Å². The maximum absolute atomic E-state index is 11.9. The van der Waals surface area contributed by atoms with Gasteiger partial charge in [-0.3, -0.25) is 25.1 Å². The minimum Gasteiger partial charge on any atom is -0.490 e. The largest absolute Gasteiger partial charge is 0.490 e. The van der Waals surface area contributed by atoms with E-state index < -0.39 is 5.91 Å². The molecule has 2 aromatic rings. The minimum absolute atomic E-state index is 0.231. The summed E-state index contributed by atoms with van der Waals surface area (Å²) in [7, 11) is 1.87. The Morgan fingerprint density at radius 1 is 1.07 bits per heavy atom. The Morgan fingerprint density at radius 2 is 1.70 bits per heavy atom. The molecule has 0 spiro atoms. The summed E-state index contributed by atoms with van der Waals surface area (Å²) in [6.45, 7) is 6.02. The fourth-order valence-electron chi connectivity index (χ4n) is 2.64. The van der Waals surface area contributed by atoms with Crippen LogP contribution in [0.1, 0.15) is 30.3 Å². The topological polar surface area (TPSA) is 94.5 Å². The van der Waals surface area contributed by atoms with E-state index in [4.69, 9.17) is 9.47 Å². The van der Waals surface area contributed by atoms with Crippen molar-refractivity contribution in [3.8, 4) is 11.5 Å². The lowest BCUT2D eigenvalue weighted by atomic mass is 10.1. The van der Waals surface area contributed by atoms with E-state index in [1.54, 1.807) is 22.9 Å². The molecule has 1 aromatic heterocycles. The zero-order valence-corrected chi connectivity index (χ0v) is 16.2. The molecule has 0 fully saturated rings. The van der Waals surface area contributed by atoms with Crippen molar-refractivity contribution in [2.24, 2.45) is 7.05 Å². The van der Waals surface area contributed by atoms with E-state index >= 15 is 0 Å². The number of benzene rings is 1. The Kier molecular flexibility index (Phi) is 7.22. The van der Waals surface area contributed by atoms with E-state index in [0.29, 0.717) is 24.5 Å². The van der Waals surface area contributed by atoms with Gasteiger partial charge < -0.3 is 9.47 Å². The number of hydrogen-bond acceptors (Lipinski definition) is 5. The molecular weight excluding hydrogens is 348 g/mol. The molecule has 27 heavy (non-hydrogen) atoms. The van der Waals surface area contributed by atoms with Crippen molar-refractivity contribution in [2.75, 3.05) is 13.2 Å². The summed E-state index contributed by atoms with van der Waals surface area (Å²) in [5.41, 5.74) is 7.74. The first-order valence-electron chi connectivity index (χ1n) is 8.83. The fourth-order valence-corrected chi connectivity index (χ4v) is 2.64. The second-order valence-electron chi connectivity index (χ2n) is 6.04. The Balaban J connectivity index is 1.74. The number of aromatic nitrogens is 2. The number of rotatable bonds is 8. The van der Waals surface area contributed by atoms with Gasteiger partial charge in [-0.1, -0.05) is 12.1 Å². The molecule has 0 bridgehead atoms. The average Bonchev–Trinajstić information content (AvgIpc) is 2.89. The van der Waals surface area contributed by atoms with Gasteiger partial charge in [0.05, 0.1) is 12.3 Å². The van der Waals surface area contributed by atoms with Crippen LogP contribution in [0.4, 0.5) is 0 Å². The summed E-state index contributed by atoms with van der Waals surface area (Å²) >= 11 is 0. The van der Waals surface area contributed by atoms with Crippen molar-refractivity contribution < 1.29 is 19.1 Å². The maximum Gasteiger partial charge on any atom is 0.276 e. The monoisotopic (exact) mass is 374 g/mol. The lowest BCUT2D eigenvalue weighted by molar-refractivity contribution is -0.130. The Bertz CT molecular complexity index is 801. The molecule has 0 aliphatic carbocycles. The van der Waals surface area contributed by atoms with Gasteiger partial charge in [0.25, 0.3) is 5.91 Å². The standard InChI is InChI=1S/C19H26N4O4/c1-5-26-16-8-6-7-9-17(16)27-12-19(25)21-20-18(24)11-10-15-13(2)22-23(4)14(15)3/h6-9H,5,10-12H2,1-4H3,(H,20,24)(H,21,25). The quantitative estimate of drug-likeness (QED) is 0.685. The van der Waals surface area contributed by atoms with Gasteiger partial charge in [-0.05, 0) is 44.9 Å². The van der Waals surface area contributed by atoms with Crippen LogP contribution >= 0.6 is 0 Å². The van der Waals surface area contributed by atoms with Gasteiger partial charge >= 0.3 is 0 Å². The summed E-state index contributed by atoms with van der Waals surface area (Å²) < 4.78 is 12.7. The Labute approximate surface area is 158 Å². The van der Waals surface area contributed by atoms with Crippen LogP contribution in [0, 0.1) is 13.8 Å². The molecule has 0 aliphatic heterocycles. The van der Waals surface area contributed by atoms with Gasteiger partial charge in [-0.2, -0.15) is 5.10 Å². The molecule has 0 saturated carbocycles. The summed E-state index contributed by atoms with van der Waals surface area (Å²) in [6.07, 6.45) is 0.813. The number of ether oxygens (including phenoxy) is 2. The van der Waals surface area contributed by atoms with Crippen LogP contribution in [0.15, 0.2) is 24.3 Å². The third-order valence-electron chi connectivity index (χ3n) is 4.11. The number of amides is 2. The maximum atomic E-state index is 11.9. The summed E-state index contributed by atoms with van der Waals surface area (Å²) in [5, 5.41) is 4.32. The molecule has 0 aliphatic rings. The van der Waals surface area contributed by atoms with Crippen molar-refractivity contribution in [1.29, 1.82) is 0 Å². The van der Waals surface area contributed by atoms with E-state index in [1.807, 2.05) is 33.9 Å². The molecule has 1 aromatic carbocycles. The van der Waals surface area contributed by atoms with Crippen LogP contribution in [0.25, 0.3) is 0 Å². The summed E-state index contributed by atoms with van der Waals surface area (Å²) in [5.74, 6) is 0.312. The van der Waals surface area contributed by atoms with E-state index in [9.17, 15) is 9.59 Å². The normalized spacial score (nSPS) is 10.4. The van der Waals surface area contributed by atoms with Gasteiger partial charge in [0.1, 0.15) is 0 Å². The Morgan fingerprint density at radius 3 is 2.30 bits per heavy atom. The van der Waals surface area contributed by atoms with Crippen molar-refractivity contribution in [3.63, 3.8) is 0 Å². The molecule has 2 N–H and O–H groups in total. The lowest BCUT2D eigenvalue weighted by Gasteiger charge is -2.12. The third-order valence-corrected chi connectivity index (χ3v) is 4.11. The SMILES string of the molecule is CCOc1ccccc1OCC(=O)NNC(=O)CCc1c(C)nn(C)c1C. The third kappa shape index (κ3) is 5.73. The molecule has 0 saturated heterocycles. The van der Waals surface area contributed by atoms with Crippen molar-refractivity contribution in [1.82, 2.24) is 20.6 Å². The first-order chi connectivity index (χ1) is 12.9. The van der Waals surface area contributed by atoms with Gasteiger partial charge in [-0.25, -0.2) is 0 Å². The zero-order valence-electron chi connectivity index (χ0n) is 16.2. The highest BCUT2D eigenvalue weighted by atomic mass is 16.5. The van der Waals surface area contributed by atoms with Gasteiger partial charge in [-0.15, -0.1) is 0 Å². The van der Waals surface area contributed by atoms with Crippen molar-refractivity contribution in [3.05, 3.63) is 41.2 Å².